The van der Waals surface area contributed by atoms with E-state index in [-0.39, 0.29) is 23.5 Å². The van der Waals surface area contributed by atoms with E-state index in [0.29, 0.717) is 54.4 Å². The van der Waals surface area contributed by atoms with E-state index < -0.39 is 0 Å². The number of likely N-dealkylation sites (tertiary alicyclic amines) is 1. The molecule has 1 aliphatic heterocycles. The van der Waals surface area contributed by atoms with Crippen molar-refractivity contribution in [3.8, 4) is 0 Å². The molecule has 0 aliphatic carbocycles. The SMILES string of the molecule is CCOC(=O)N1CCC(n2c(SCc3ccc(F)cc3)nc3ccccc3c2=O)CC1. The van der Waals surface area contributed by atoms with Crippen molar-refractivity contribution in [3.63, 3.8) is 0 Å². The first-order valence-electron chi connectivity index (χ1n) is 10.4. The second-order valence-electron chi connectivity index (χ2n) is 7.42. The fraction of sp³-hybridized carbons (Fsp3) is 0.348. The van der Waals surface area contributed by atoms with Gasteiger partial charge < -0.3 is 9.64 Å². The Balaban J connectivity index is 1.62. The summed E-state index contributed by atoms with van der Waals surface area (Å²) in [7, 11) is 0. The number of hydrogen-bond donors (Lipinski definition) is 0. The van der Waals surface area contributed by atoms with Gasteiger partial charge in [-0.05, 0) is 49.6 Å². The minimum Gasteiger partial charge on any atom is -0.450 e. The largest absolute Gasteiger partial charge is 0.450 e. The van der Waals surface area contributed by atoms with Crippen molar-refractivity contribution < 1.29 is 13.9 Å². The number of fused-ring (bicyclic) bond motifs is 1. The number of para-hydroxylation sites is 1. The number of ether oxygens (including phenoxy) is 1. The Morgan fingerprint density at radius 2 is 1.87 bits per heavy atom. The van der Waals surface area contributed by atoms with E-state index in [2.05, 4.69) is 0 Å². The zero-order valence-corrected chi connectivity index (χ0v) is 18.1. The molecule has 162 valence electrons. The Kier molecular flexibility index (Phi) is 6.56. The molecule has 2 aromatic carbocycles. The van der Waals surface area contributed by atoms with Crippen LogP contribution in [0.1, 0.15) is 31.4 Å². The molecule has 0 N–H and O–H groups in total. The Hall–Kier alpha value is -2.87. The van der Waals surface area contributed by atoms with E-state index in [0.717, 1.165) is 5.56 Å². The molecule has 1 aliphatic rings. The quantitative estimate of drug-likeness (QED) is 0.427. The average Bonchev–Trinajstić information content (AvgIpc) is 2.79. The van der Waals surface area contributed by atoms with Crippen LogP contribution >= 0.6 is 11.8 Å². The number of carbonyl (C=O) groups is 1. The summed E-state index contributed by atoms with van der Waals surface area (Å²) in [5.41, 5.74) is 1.55. The molecule has 4 rings (SSSR count). The number of rotatable bonds is 5. The van der Waals surface area contributed by atoms with Crippen LogP contribution in [0.3, 0.4) is 0 Å². The van der Waals surface area contributed by atoms with Crippen molar-refractivity contribution in [1.82, 2.24) is 14.5 Å². The van der Waals surface area contributed by atoms with Crippen molar-refractivity contribution in [3.05, 3.63) is 70.3 Å². The summed E-state index contributed by atoms with van der Waals surface area (Å²) >= 11 is 1.47. The highest BCUT2D eigenvalue weighted by Crippen LogP contribution is 2.29. The number of piperidine rings is 1. The average molecular weight is 442 g/mol. The van der Waals surface area contributed by atoms with Gasteiger partial charge in [-0.15, -0.1) is 0 Å². The van der Waals surface area contributed by atoms with Crippen LogP contribution in [0.2, 0.25) is 0 Å². The third-order valence-corrected chi connectivity index (χ3v) is 6.44. The van der Waals surface area contributed by atoms with E-state index in [1.807, 2.05) is 18.2 Å². The Bertz CT molecular complexity index is 1130. The van der Waals surface area contributed by atoms with Crippen LogP contribution in [0, 0.1) is 5.82 Å². The molecule has 31 heavy (non-hydrogen) atoms. The molecule has 1 saturated heterocycles. The number of carbonyl (C=O) groups excluding carboxylic acids is 1. The van der Waals surface area contributed by atoms with Crippen molar-refractivity contribution >= 4 is 28.8 Å². The lowest BCUT2D eigenvalue weighted by Gasteiger charge is -2.33. The van der Waals surface area contributed by atoms with E-state index in [1.54, 1.807) is 34.6 Å². The van der Waals surface area contributed by atoms with Gasteiger partial charge in [-0.3, -0.25) is 9.36 Å². The third kappa shape index (κ3) is 4.74. The fourth-order valence-electron chi connectivity index (χ4n) is 3.80. The van der Waals surface area contributed by atoms with E-state index in [9.17, 15) is 14.0 Å². The molecule has 0 unspecified atom stereocenters. The van der Waals surface area contributed by atoms with Gasteiger partial charge in [0.15, 0.2) is 5.16 Å². The predicted octanol–water partition coefficient (Wildman–Crippen LogP) is 4.62. The maximum absolute atomic E-state index is 13.4. The van der Waals surface area contributed by atoms with Gasteiger partial charge in [-0.1, -0.05) is 36.0 Å². The minimum atomic E-state index is -0.309. The molecule has 6 nitrogen and oxygen atoms in total. The van der Waals surface area contributed by atoms with Gasteiger partial charge in [-0.25, -0.2) is 14.2 Å². The molecule has 0 radical (unpaired) electrons. The van der Waals surface area contributed by atoms with Gasteiger partial charge in [0.1, 0.15) is 5.82 Å². The minimum absolute atomic E-state index is 0.0500. The molecule has 0 spiro atoms. The summed E-state index contributed by atoms with van der Waals surface area (Å²) in [6, 6.07) is 13.6. The highest BCUT2D eigenvalue weighted by atomic mass is 32.2. The molecule has 0 bridgehead atoms. The van der Waals surface area contributed by atoms with Crippen molar-refractivity contribution in [2.24, 2.45) is 0 Å². The van der Waals surface area contributed by atoms with Crippen LogP contribution in [0.4, 0.5) is 9.18 Å². The zero-order valence-electron chi connectivity index (χ0n) is 17.3. The van der Waals surface area contributed by atoms with Crippen molar-refractivity contribution in [1.29, 1.82) is 0 Å². The molecular weight excluding hydrogens is 417 g/mol. The van der Waals surface area contributed by atoms with E-state index in [4.69, 9.17) is 9.72 Å². The van der Waals surface area contributed by atoms with Crippen LogP contribution in [0.5, 0.6) is 0 Å². The van der Waals surface area contributed by atoms with Crippen LogP contribution in [-0.2, 0) is 10.5 Å². The lowest BCUT2D eigenvalue weighted by Crippen LogP contribution is -2.41. The number of halogens is 1. The summed E-state index contributed by atoms with van der Waals surface area (Å²) in [5.74, 6) is 0.301. The highest BCUT2D eigenvalue weighted by molar-refractivity contribution is 7.98. The first kappa shape index (κ1) is 21.4. The van der Waals surface area contributed by atoms with Gasteiger partial charge in [0, 0.05) is 24.9 Å². The molecule has 1 amide bonds. The Morgan fingerprint density at radius 3 is 2.58 bits per heavy atom. The highest BCUT2D eigenvalue weighted by Gasteiger charge is 2.27. The normalized spacial score (nSPS) is 14.7. The van der Waals surface area contributed by atoms with Crippen LogP contribution < -0.4 is 5.56 Å². The summed E-state index contributed by atoms with van der Waals surface area (Å²) in [6.07, 6.45) is 1.00. The first-order valence-corrected chi connectivity index (χ1v) is 11.4. The summed E-state index contributed by atoms with van der Waals surface area (Å²) in [6.45, 7) is 3.20. The van der Waals surface area contributed by atoms with Crippen LogP contribution in [-0.4, -0.2) is 40.2 Å². The van der Waals surface area contributed by atoms with Gasteiger partial charge >= 0.3 is 6.09 Å². The van der Waals surface area contributed by atoms with Gasteiger partial charge in [0.05, 0.1) is 17.5 Å². The summed E-state index contributed by atoms with van der Waals surface area (Å²) in [5, 5.41) is 1.23. The molecule has 2 heterocycles. The number of benzene rings is 2. The summed E-state index contributed by atoms with van der Waals surface area (Å²) in [4.78, 5) is 31.9. The second-order valence-corrected chi connectivity index (χ2v) is 8.36. The number of hydrogen-bond acceptors (Lipinski definition) is 5. The van der Waals surface area contributed by atoms with Crippen molar-refractivity contribution in [2.75, 3.05) is 19.7 Å². The lowest BCUT2D eigenvalue weighted by molar-refractivity contribution is 0.0915. The Morgan fingerprint density at radius 1 is 1.16 bits per heavy atom. The first-order chi connectivity index (χ1) is 15.1. The molecule has 0 saturated carbocycles. The smallest absolute Gasteiger partial charge is 0.409 e. The molecule has 8 heteroatoms. The van der Waals surface area contributed by atoms with E-state index in [1.165, 1.54) is 23.9 Å². The predicted molar refractivity (Wildman–Crippen MR) is 119 cm³/mol. The third-order valence-electron chi connectivity index (χ3n) is 5.41. The molecule has 0 atom stereocenters. The topological polar surface area (TPSA) is 64.4 Å². The molecule has 1 fully saturated rings. The second kappa shape index (κ2) is 9.51. The summed E-state index contributed by atoms with van der Waals surface area (Å²) < 4.78 is 20.1. The zero-order chi connectivity index (χ0) is 21.8. The number of aromatic nitrogens is 2. The van der Waals surface area contributed by atoms with Gasteiger partial charge in [0.2, 0.25) is 0 Å². The standard InChI is InChI=1S/C23H24FN3O3S/c1-2-30-23(29)26-13-11-18(12-14-26)27-21(28)19-5-3-4-6-20(19)25-22(27)31-15-16-7-9-17(24)10-8-16/h3-10,18H,2,11-15H2,1H3. The Labute approximate surface area is 184 Å². The molecule has 3 aromatic rings. The van der Waals surface area contributed by atoms with Crippen LogP contribution in [0.25, 0.3) is 10.9 Å². The number of nitrogens with zero attached hydrogens (tertiary/aromatic N) is 3. The molecule has 1 aromatic heterocycles. The number of amides is 1. The number of thioether (sulfide) groups is 1. The van der Waals surface area contributed by atoms with Gasteiger partial charge in [0.25, 0.3) is 5.56 Å². The van der Waals surface area contributed by atoms with Gasteiger partial charge in [-0.2, -0.15) is 0 Å². The fourth-order valence-corrected chi connectivity index (χ4v) is 4.82. The maximum atomic E-state index is 13.4. The van der Waals surface area contributed by atoms with Crippen molar-refractivity contribution in [2.45, 2.75) is 36.7 Å². The lowest BCUT2D eigenvalue weighted by atomic mass is 10.0. The van der Waals surface area contributed by atoms with Crippen LogP contribution in [0.15, 0.2) is 58.5 Å². The van der Waals surface area contributed by atoms with E-state index >= 15 is 0 Å². The molecular formula is C23H24FN3O3S. The monoisotopic (exact) mass is 441 g/mol. The maximum Gasteiger partial charge on any atom is 0.409 e.